The van der Waals surface area contributed by atoms with E-state index in [0.717, 1.165) is 11.7 Å². The molecular formula is C18H29NO2. The molecule has 1 aromatic carbocycles. The molecule has 1 N–H and O–H groups in total. The van der Waals surface area contributed by atoms with Gasteiger partial charge in [0.2, 0.25) is 0 Å². The number of ether oxygens (including phenoxy) is 2. The lowest BCUT2D eigenvalue weighted by Crippen LogP contribution is -2.19. The van der Waals surface area contributed by atoms with Gasteiger partial charge in [-0.2, -0.15) is 0 Å². The van der Waals surface area contributed by atoms with Crippen molar-refractivity contribution in [3.8, 4) is 5.75 Å². The van der Waals surface area contributed by atoms with Gasteiger partial charge in [-0.3, -0.25) is 0 Å². The molecule has 0 heterocycles. The molecule has 0 aromatic heterocycles. The van der Waals surface area contributed by atoms with Gasteiger partial charge < -0.3 is 14.8 Å². The van der Waals surface area contributed by atoms with Gasteiger partial charge >= 0.3 is 0 Å². The highest BCUT2D eigenvalue weighted by Crippen LogP contribution is 2.33. The highest BCUT2D eigenvalue weighted by atomic mass is 16.5. The zero-order chi connectivity index (χ0) is 14.9. The molecule has 2 rings (SSSR count). The average Bonchev–Trinajstić information content (AvgIpc) is 3.03. The minimum absolute atomic E-state index is 0.379. The lowest BCUT2D eigenvalue weighted by atomic mass is 9.94. The Morgan fingerprint density at radius 1 is 1.19 bits per heavy atom. The second-order valence-electron chi connectivity index (χ2n) is 5.95. The Morgan fingerprint density at radius 3 is 2.67 bits per heavy atom. The monoisotopic (exact) mass is 291 g/mol. The summed E-state index contributed by atoms with van der Waals surface area (Å²) in [6.07, 6.45) is 8.19. The van der Waals surface area contributed by atoms with Crippen LogP contribution in [0.2, 0.25) is 0 Å². The standard InChI is InChI=1S/C18H29NO2/c1-19-17(12-11-15-7-3-4-8-15)16-9-5-6-10-18(16)21-14-13-20-2/h5-6,9-10,15,17,19H,3-4,7-8,11-14H2,1-2H3. The smallest absolute Gasteiger partial charge is 0.124 e. The van der Waals surface area contributed by atoms with Crippen LogP contribution in [-0.4, -0.2) is 27.4 Å². The van der Waals surface area contributed by atoms with Gasteiger partial charge in [-0.1, -0.05) is 43.9 Å². The van der Waals surface area contributed by atoms with Crippen LogP contribution in [0.5, 0.6) is 5.75 Å². The van der Waals surface area contributed by atoms with E-state index in [4.69, 9.17) is 9.47 Å². The Hall–Kier alpha value is -1.06. The minimum atomic E-state index is 0.379. The van der Waals surface area contributed by atoms with E-state index in [0.29, 0.717) is 19.3 Å². The Kier molecular flexibility index (Phi) is 7.04. The van der Waals surface area contributed by atoms with Crippen LogP contribution in [0.3, 0.4) is 0 Å². The summed E-state index contributed by atoms with van der Waals surface area (Å²) in [7, 11) is 3.75. The average molecular weight is 291 g/mol. The summed E-state index contributed by atoms with van der Waals surface area (Å²) in [5, 5.41) is 3.46. The fourth-order valence-corrected chi connectivity index (χ4v) is 3.29. The van der Waals surface area contributed by atoms with Crippen molar-refractivity contribution in [3.05, 3.63) is 29.8 Å². The summed E-state index contributed by atoms with van der Waals surface area (Å²) in [4.78, 5) is 0. The molecule has 1 fully saturated rings. The highest BCUT2D eigenvalue weighted by Gasteiger charge is 2.19. The van der Waals surface area contributed by atoms with Crippen LogP contribution in [0, 0.1) is 5.92 Å². The summed E-state index contributed by atoms with van der Waals surface area (Å²) in [6.45, 7) is 1.23. The van der Waals surface area contributed by atoms with Crippen LogP contribution in [-0.2, 0) is 4.74 Å². The minimum Gasteiger partial charge on any atom is -0.491 e. The maximum atomic E-state index is 5.87. The third-order valence-electron chi connectivity index (χ3n) is 4.53. The third-order valence-corrected chi connectivity index (χ3v) is 4.53. The summed E-state index contributed by atoms with van der Waals surface area (Å²) < 4.78 is 10.9. The fourth-order valence-electron chi connectivity index (χ4n) is 3.29. The molecule has 118 valence electrons. The molecule has 1 aliphatic rings. The predicted octanol–water partition coefficient (Wildman–Crippen LogP) is 3.94. The number of methoxy groups -OCH3 is 1. The van der Waals surface area contributed by atoms with E-state index >= 15 is 0 Å². The third kappa shape index (κ3) is 5.01. The van der Waals surface area contributed by atoms with E-state index in [1.165, 1.54) is 44.1 Å². The molecule has 0 amide bonds. The highest BCUT2D eigenvalue weighted by molar-refractivity contribution is 5.36. The van der Waals surface area contributed by atoms with Gasteiger partial charge in [-0.05, 0) is 31.9 Å². The number of nitrogens with one attached hydrogen (secondary N) is 1. The van der Waals surface area contributed by atoms with E-state index in [9.17, 15) is 0 Å². The van der Waals surface area contributed by atoms with Gasteiger partial charge in [-0.15, -0.1) is 0 Å². The van der Waals surface area contributed by atoms with Crippen molar-refractivity contribution < 1.29 is 9.47 Å². The topological polar surface area (TPSA) is 30.5 Å². The van der Waals surface area contributed by atoms with E-state index in [2.05, 4.69) is 23.5 Å². The van der Waals surface area contributed by atoms with Crippen molar-refractivity contribution in [1.82, 2.24) is 5.32 Å². The molecule has 3 heteroatoms. The molecule has 1 aliphatic carbocycles. The second-order valence-corrected chi connectivity index (χ2v) is 5.95. The van der Waals surface area contributed by atoms with E-state index in [-0.39, 0.29) is 0 Å². The number of para-hydroxylation sites is 1. The molecule has 0 aliphatic heterocycles. The lowest BCUT2D eigenvalue weighted by Gasteiger charge is -2.21. The van der Waals surface area contributed by atoms with Crippen LogP contribution >= 0.6 is 0 Å². The molecule has 1 saturated carbocycles. The molecule has 21 heavy (non-hydrogen) atoms. The van der Waals surface area contributed by atoms with Gasteiger partial charge in [0, 0.05) is 18.7 Å². The zero-order valence-electron chi connectivity index (χ0n) is 13.4. The quantitative estimate of drug-likeness (QED) is 0.699. The Morgan fingerprint density at radius 2 is 1.95 bits per heavy atom. The summed E-state index contributed by atoms with van der Waals surface area (Å²) in [5.41, 5.74) is 1.27. The molecule has 3 nitrogen and oxygen atoms in total. The Labute approximate surface area is 129 Å². The Bertz CT molecular complexity index is 402. The fraction of sp³-hybridized carbons (Fsp3) is 0.667. The SMILES string of the molecule is CNC(CCC1CCCC1)c1ccccc1OCCOC. The van der Waals surface area contributed by atoms with Gasteiger partial charge in [0.25, 0.3) is 0 Å². The molecule has 0 bridgehead atoms. The predicted molar refractivity (Wildman–Crippen MR) is 86.8 cm³/mol. The maximum Gasteiger partial charge on any atom is 0.124 e. The first kappa shape index (κ1) is 16.3. The van der Waals surface area contributed by atoms with Crippen LogP contribution in [0.4, 0.5) is 0 Å². The van der Waals surface area contributed by atoms with Gasteiger partial charge in [-0.25, -0.2) is 0 Å². The molecule has 0 spiro atoms. The van der Waals surface area contributed by atoms with E-state index in [1.54, 1.807) is 7.11 Å². The van der Waals surface area contributed by atoms with Crippen molar-refractivity contribution in [2.75, 3.05) is 27.4 Å². The van der Waals surface area contributed by atoms with E-state index in [1.807, 2.05) is 13.1 Å². The van der Waals surface area contributed by atoms with Gasteiger partial charge in [0.05, 0.1) is 6.61 Å². The van der Waals surface area contributed by atoms with Crippen LogP contribution in [0.1, 0.15) is 50.1 Å². The first-order valence-corrected chi connectivity index (χ1v) is 8.23. The van der Waals surface area contributed by atoms with Crippen molar-refractivity contribution in [3.63, 3.8) is 0 Å². The molecule has 1 unspecified atom stereocenters. The van der Waals surface area contributed by atoms with E-state index < -0.39 is 0 Å². The summed E-state index contributed by atoms with van der Waals surface area (Å²) in [6, 6.07) is 8.75. The second kappa shape index (κ2) is 9.06. The largest absolute Gasteiger partial charge is 0.491 e. The van der Waals surface area contributed by atoms with Crippen LogP contribution in [0.15, 0.2) is 24.3 Å². The summed E-state index contributed by atoms with van der Waals surface area (Å²) in [5.74, 6) is 1.92. The normalized spacial score (nSPS) is 17.0. The number of hydrogen-bond acceptors (Lipinski definition) is 3. The van der Waals surface area contributed by atoms with Crippen LogP contribution < -0.4 is 10.1 Å². The zero-order valence-corrected chi connectivity index (χ0v) is 13.4. The van der Waals surface area contributed by atoms with Crippen LogP contribution in [0.25, 0.3) is 0 Å². The molecular weight excluding hydrogens is 262 g/mol. The maximum absolute atomic E-state index is 5.87. The van der Waals surface area contributed by atoms with Crippen molar-refractivity contribution in [2.24, 2.45) is 5.92 Å². The molecule has 1 aromatic rings. The number of benzene rings is 1. The number of rotatable bonds is 9. The van der Waals surface area contributed by atoms with Gasteiger partial charge in [0.15, 0.2) is 0 Å². The first-order chi connectivity index (χ1) is 10.3. The van der Waals surface area contributed by atoms with Crippen molar-refractivity contribution >= 4 is 0 Å². The molecule has 0 saturated heterocycles. The first-order valence-electron chi connectivity index (χ1n) is 8.23. The van der Waals surface area contributed by atoms with Crippen molar-refractivity contribution in [1.29, 1.82) is 0 Å². The molecule has 0 radical (unpaired) electrons. The van der Waals surface area contributed by atoms with Crippen molar-refractivity contribution in [2.45, 2.75) is 44.6 Å². The summed E-state index contributed by atoms with van der Waals surface area (Å²) >= 11 is 0. The lowest BCUT2D eigenvalue weighted by molar-refractivity contribution is 0.145. The molecule has 1 atom stereocenters. The number of hydrogen-bond donors (Lipinski definition) is 1. The van der Waals surface area contributed by atoms with Gasteiger partial charge in [0.1, 0.15) is 12.4 Å². The Balaban J connectivity index is 1.95.